The van der Waals surface area contributed by atoms with Gasteiger partial charge < -0.3 is 25.7 Å². The van der Waals surface area contributed by atoms with Crippen molar-refractivity contribution in [2.24, 2.45) is 33.7 Å². The van der Waals surface area contributed by atoms with Crippen LogP contribution in [0, 0.1) is 28.6 Å². The van der Waals surface area contributed by atoms with E-state index in [9.17, 15) is 24.6 Å². The molecule has 0 aromatic carbocycles. The zero-order valence-electron chi connectivity index (χ0n) is 23.3. The number of carbonyl (C=O) groups excluding carboxylic acids is 2. The Morgan fingerprint density at radius 1 is 1.11 bits per heavy atom. The van der Waals surface area contributed by atoms with E-state index >= 15 is 0 Å². The first-order chi connectivity index (χ1) is 18.0. The fourth-order valence-electron chi connectivity index (χ4n) is 7.98. The van der Waals surface area contributed by atoms with Crippen LogP contribution >= 0.6 is 0 Å². The number of hydrogen-bond donors (Lipinski definition) is 4. The Hall–Kier alpha value is -2.42. The third-order valence-electron chi connectivity index (χ3n) is 10.3. The molecule has 4 aliphatic carbocycles. The van der Waals surface area contributed by atoms with E-state index in [1.165, 1.54) is 18.9 Å². The van der Waals surface area contributed by atoms with Crippen LogP contribution in [-0.2, 0) is 19.2 Å². The maximum atomic E-state index is 12.3. The number of carboxylic acid groups (broad SMARTS) is 1. The van der Waals surface area contributed by atoms with Crippen LogP contribution in [0.2, 0.25) is 0 Å². The standard InChI is InChI=1S/C29H45N3O6/c1-5-6-23(27(36)37)31-26(35)17(2)30-25(34)16-38-32-19-11-13-28(3)18(15-19)7-8-20-21-9-10-24(33)29(21,4)14-12-22(20)28/h15,17,20-24,33H,5-14,16H2,1-4H3,(H,30,34)(H,31,35)(H,36,37)/t17?,20?,21?,22?,23?,24?,28-,29-/m0/s1. The van der Waals surface area contributed by atoms with Crippen molar-refractivity contribution in [3.8, 4) is 0 Å². The number of amides is 2. The van der Waals surface area contributed by atoms with Crippen LogP contribution in [0.5, 0.6) is 0 Å². The second-order valence-electron chi connectivity index (χ2n) is 12.5. The number of rotatable bonds is 9. The molecule has 9 nitrogen and oxygen atoms in total. The molecule has 212 valence electrons. The highest BCUT2D eigenvalue weighted by molar-refractivity contribution is 5.96. The molecule has 4 aliphatic rings. The Morgan fingerprint density at radius 2 is 1.87 bits per heavy atom. The van der Waals surface area contributed by atoms with Gasteiger partial charge in [-0.05, 0) is 99.4 Å². The molecule has 0 spiro atoms. The molecule has 9 heteroatoms. The molecule has 2 amide bonds. The average molecular weight is 532 g/mol. The van der Waals surface area contributed by atoms with Crippen LogP contribution in [0.15, 0.2) is 16.8 Å². The Bertz CT molecular complexity index is 995. The lowest BCUT2D eigenvalue weighted by molar-refractivity contribution is -0.142. The van der Waals surface area contributed by atoms with Gasteiger partial charge in [-0.15, -0.1) is 0 Å². The summed E-state index contributed by atoms with van der Waals surface area (Å²) in [5.74, 6) is -0.186. The number of carboxylic acids is 1. The molecule has 0 saturated heterocycles. The van der Waals surface area contributed by atoms with Crippen molar-refractivity contribution in [2.75, 3.05) is 6.61 Å². The summed E-state index contributed by atoms with van der Waals surface area (Å²) in [6, 6.07) is -1.86. The molecule has 3 fully saturated rings. The lowest BCUT2D eigenvalue weighted by atomic mass is 9.47. The van der Waals surface area contributed by atoms with Crippen molar-refractivity contribution in [3.63, 3.8) is 0 Å². The van der Waals surface area contributed by atoms with Gasteiger partial charge in [-0.1, -0.05) is 37.9 Å². The summed E-state index contributed by atoms with van der Waals surface area (Å²) in [5, 5.41) is 29.1. The highest BCUT2D eigenvalue weighted by Gasteiger charge is 2.58. The maximum Gasteiger partial charge on any atom is 0.326 e. The molecule has 4 rings (SSSR count). The normalized spacial score (nSPS) is 36.7. The van der Waals surface area contributed by atoms with Crippen LogP contribution in [0.1, 0.15) is 91.9 Å². The fourth-order valence-corrected chi connectivity index (χ4v) is 7.98. The van der Waals surface area contributed by atoms with Crippen molar-refractivity contribution >= 4 is 23.5 Å². The van der Waals surface area contributed by atoms with Gasteiger partial charge in [0, 0.05) is 0 Å². The largest absolute Gasteiger partial charge is 0.480 e. The molecule has 38 heavy (non-hydrogen) atoms. The van der Waals surface area contributed by atoms with Gasteiger partial charge >= 0.3 is 5.97 Å². The minimum Gasteiger partial charge on any atom is -0.480 e. The molecule has 0 aliphatic heterocycles. The van der Waals surface area contributed by atoms with E-state index in [4.69, 9.17) is 4.84 Å². The van der Waals surface area contributed by atoms with Crippen LogP contribution in [0.4, 0.5) is 0 Å². The topological polar surface area (TPSA) is 137 Å². The van der Waals surface area contributed by atoms with Crippen molar-refractivity contribution in [1.29, 1.82) is 0 Å². The number of nitrogens with zero attached hydrogens (tertiary/aromatic N) is 1. The van der Waals surface area contributed by atoms with E-state index in [1.54, 1.807) is 0 Å². The van der Waals surface area contributed by atoms with E-state index in [1.807, 2.05) is 6.92 Å². The first-order valence-corrected chi connectivity index (χ1v) is 14.4. The SMILES string of the molecule is CCCC(NC(=O)C(C)NC(=O)CON=C1C=C2CCC3C4CCC(O)[C@@]4(C)CCC3[C@@]2(C)CC1)C(=O)O. The Morgan fingerprint density at radius 3 is 2.58 bits per heavy atom. The molecule has 0 bridgehead atoms. The third-order valence-corrected chi connectivity index (χ3v) is 10.3. The second-order valence-corrected chi connectivity index (χ2v) is 12.5. The van der Waals surface area contributed by atoms with Crippen molar-refractivity contribution in [3.05, 3.63) is 11.6 Å². The monoisotopic (exact) mass is 531 g/mol. The number of aliphatic hydroxyl groups excluding tert-OH is 1. The molecule has 0 radical (unpaired) electrons. The molecular weight excluding hydrogens is 486 g/mol. The molecular formula is C29H45N3O6. The number of allylic oxidation sites excluding steroid dienone is 2. The summed E-state index contributed by atoms with van der Waals surface area (Å²) < 4.78 is 0. The van der Waals surface area contributed by atoms with Gasteiger partial charge in [0.15, 0.2) is 6.61 Å². The maximum absolute atomic E-state index is 12.3. The first kappa shape index (κ1) is 28.6. The minimum atomic E-state index is -1.09. The summed E-state index contributed by atoms with van der Waals surface area (Å²) in [7, 11) is 0. The van der Waals surface area contributed by atoms with Gasteiger partial charge in [0.1, 0.15) is 12.1 Å². The van der Waals surface area contributed by atoms with Crippen molar-refractivity contribution in [1.82, 2.24) is 10.6 Å². The molecule has 4 N–H and O–H groups in total. The van der Waals surface area contributed by atoms with Gasteiger partial charge in [-0.2, -0.15) is 0 Å². The van der Waals surface area contributed by atoms with Crippen molar-refractivity contribution < 1.29 is 29.4 Å². The summed E-state index contributed by atoms with van der Waals surface area (Å²) in [6.45, 7) is 7.76. The van der Waals surface area contributed by atoms with E-state index < -0.39 is 29.9 Å². The summed E-state index contributed by atoms with van der Waals surface area (Å²) in [6.07, 6.45) is 11.3. The number of aliphatic hydroxyl groups is 1. The number of aliphatic carboxylic acids is 1. The molecule has 8 atom stereocenters. The van der Waals surface area contributed by atoms with E-state index in [-0.39, 0.29) is 23.5 Å². The zero-order chi connectivity index (χ0) is 27.7. The number of fused-ring (bicyclic) bond motifs is 5. The highest BCUT2D eigenvalue weighted by Crippen LogP contribution is 2.65. The predicted octanol–water partition coefficient (Wildman–Crippen LogP) is 3.56. The lowest BCUT2D eigenvalue weighted by Gasteiger charge is -2.57. The molecule has 6 unspecified atom stereocenters. The molecule has 0 aromatic heterocycles. The van der Waals surface area contributed by atoms with Gasteiger partial charge in [0.2, 0.25) is 5.91 Å². The lowest BCUT2D eigenvalue weighted by Crippen LogP contribution is -2.51. The molecule has 3 saturated carbocycles. The average Bonchev–Trinajstić information content (AvgIpc) is 3.18. The number of carbonyl (C=O) groups is 3. The Kier molecular flexibility index (Phi) is 8.55. The van der Waals surface area contributed by atoms with Crippen LogP contribution < -0.4 is 10.6 Å². The van der Waals surface area contributed by atoms with E-state index in [0.29, 0.717) is 30.6 Å². The van der Waals surface area contributed by atoms with Gasteiger partial charge in [-0.3, -0.25) is 9.59 Å². The summed E-state index contributed by atoms with van der Waals surface area (Å²) in [5.41, 5.74) is 2.52. The number of hydrogen-bond acceptors (Lipinski definition) is 6. The third kappa shape index (κ3) is 5.49. The zero-order valence-corrected chi connectivity index (χ0v) is 23.3. The number of nitrogens with one attached hydrogen (secondary N) is 2. The predicted molar refractivity (Wildman–Crippen MR) is 143 cm³/mol. The minimum absolute atomic E-state index is 0.0834. The smallest absolute Gasteiger partial charge is 0.326 e. The number of oxime groups is 1. The van der Waals surface area contributed by atoms with Crippen LogP contribution in [0.25, 0.3) is 0 Å². The fraction of sp³-hybridized carbons (Fsp3) is 0.793. The van der Waals surface area contributed by atoms with Crippen LogP contribution in [-0.4, -0.2) is 58.5 Å². The molecule has 0 aromatic rings. The van der Waals surface area contributed by atoms with E-state index in [2.05, 4.69) is 35.7 Å². The summed E-state index contributed by atoms with van der Waals surface area (Å²) >= 11 is 0. The summed E-state index contributed by atoms with van der Waals surface area (Å²) in [4.78, 5) is 41.2. The first-order valence-electron chi connectivity index (χ1n) is 14.4. The van der Waals surface area contributed by atoms with Crippen molar-refractivity contribution in [2.45, 2.75) is 110 Å². The van der Waals surface area contributed by atoms with Crippen LogP contribution in [0.3, 0.4) is 0 Å². The van der Waals surface area contributed by atoms with E-state index in [0.717, 1.165) is 50.7 Å². The van der Waals surface area contributed by atoms with Gasteiger partial charge in [0.05, 0.1) is 11.8 Å². The second kappa shape index (κ2) is 11.4. The Balaban J connectivity index is 1.30. The Labute approximate surface area is 225 Å². The molecule has 0 heterocycles. The quantitative estimate of drug-likeness (QED) is 0.336. The van der Waals surface area contributed by atoms with Gasteiger partial charge in [0.25, 0.3) is 5.91 Å². The highest BCUT2D eigenvalue weighted by atomic mass is 16.6. The van der Waals surface area contributed by atoms with Gasteiger partial charge in [-0.25, -0.2) is 4.79 Å².